The summed E-state index contributed by atoms with van der Waals surface area (Å²) < 4.78 is 0. The van der Waals surface area contributed by atoms with Crippen LogP contribution in [0.3, 0.4) is 0 Å². The molecule has 3 N–H and O–H groups in total. The van der Waals surface area contributed by atoms with Crippen molar-refractivity contribution in [3.63, 3.8) is 0 Å². The van der Waals surface area contributed by atoms with Crippen molar-refractivity contribution in [2.75, 3.05) is 11.9 Å². The van der Waals surface area contributed by atoms with Gasteiger partial charge in [-0.05, 0) is 50.8 Å². The molecule has 2 atom stereocenters. The number of carbonyl (C=O) groups excluding carboxylic acids is 1. The molecular formula is C16H23N3O. The topological polar surface area (TPSA) is 58.4 Å². The van der Waals surface area contributed by atoms with Gasteiger partial charge in [0.2, 0.25) is 5.91 Å². The highest BCUT2D eigenvalue weighted by atomic mass is 16.1. The van der Waals surface area contributed by atoms with Gasteiger partial charge in [0.05, 0.1) is 0 Å². The van der Waals surface area contributed by atoms with E-state index in [1.165, 1.54) is 18.4 Å². The summed E-state index contributed by atoms with van der Waals surface area (Å²) in [6, 6.07) is 9.19. The van der Waals surface area contributed by atoms with E-state index in [9.17, 15) is 4.79 Å². The molecule has 4 nitrogen and oxygen atoms in total. The molecule has 1 saturated heterocycles. The molecule has 1 aliphatic heterocycles. The fraction of sp³-hybridized carbons (Fsp3) is 0.562. The third-order valence-electron chi connectivity index (χ3n) is 4.55. The molecular weight excluding hydrogens is 250 g/mol. The highest BCUT2D eigenvalue weighted by molar-refractivity contribution is 5.89. The average Bonchev–Trinajstić information content (AvgIpc) is 3.15. The summed E-state index contributed by atoms with van der Waals surface area (Å²) in [4.78, 5) is 14.5. The molecule has 1 aliphatic carbocycles. The fourth-order valence-corrected chi connectivity index (χ4v) is 3.38. The van der Waals surface area contributed by atoms with E-state index >= 15 is 0 Å². The van der Waals surface area contributed by atoms with E-state index in [0.29, 0.717) is 12.1 Å². The van der Waals surface area contributed by atoms with Gasteiger partial charge in [-0.25, -0.2) is 0 Å². The van der Waals surface area contributed by atoms with Gasteiger partial charge in [0.25, 0.3) is 0 Å². The van der Waals surface area contributed by atoms with Crippen molar-refractivity contribution in [1.82, 2.24) is 4.90 Å². The molecule has 2 fully saturated rings. The van der Waals surface area contributed by atoms with Gasteiger partial charge in [0.1, 0.15) is 5.54 Å². The molecule has 0 aromatic heterocycles. The van der Waals surface area contributed by atoms with Gasteiger partial charge in [0, 0.05) is 24.3 Å². The number of carbonyl (C=O) groups is 1. The lowest BCUT2D eigenvalue weighted by Gasteiger charge is -2.28. The summed E-state index contributed by atoms with van der Waals surface area (Å²) in [6.45, 7) is 4.97. The quantitative estimate of drug-likeness (QED) is 0.880. The van der Waals surface area contributed by atoms with Crippen LogP contribution in [0.2, 0.25) is 0 Å². The van der Waals surface area contributed by atoms with Crippen LogP contribution in [-0.4, -0.2) is 35.0 Å². The van der Waals surface area contributed by atoms with E-state index < -0.39 is 5.54 Å². The minimum absolute atomic E-state index is 0.242. The zero-order chi connectivity index (χ0) is 14.3. The highest BCUT2D eigenvalue weighted by Crippen LogP contribution is 2.38. The van der Waals surface area contributed by atoms with Gasteiger partial charge in [-0.1, -0.05) is 12.1 Å². The summed E-state index contributed by atoms with van der Waals surface area (Å²) in [5.74, 6) is -0.242. The second kappa shape index (κ2) is 4.77. The Bertz CT molecular complexity index is 526. The van der Waals surface area contributed by atoms with Gasteiger partial charge in [0.15, 0.2) is 0 Å². The number of nitrogens with zero attached hydrogens (tertiary/aromatic N) is 1. The third-order valence-corrected chi connectivity index (χ3v) is 4.55. The van der Waals surface area contributed by atoms with Crippen LogP contribution in [0, 0.1) is 6.92 Å². The summed E-state index contributed by atoms with van der Waals surface area (Å²) in [5, 5.41) is 3.42. The van der Waals surface area contributed by atoms with Crippen LogP contribution in [0.15, 0.2) is 24.3 Å². The van der Waals surface area contributed by atoms with E-state index in [0.717, 1.165) is 18.7 Å². The van der Waals surface area contributed by atoms with E-state index in [1.807, 2.05) is 12.1 Å². The lowest BCUT2D eigenvalue weighted by Crippen LogP contribution is -2.52. The number of nitrogens with one attached hydrogen (secondary N) is 1. The monoisotopic (exact) mass is 273 g/mol. The summed E-state index contributed by atoms with van der Waals surface area (Å²) in [7, 11) is 0. The number of rotatable bonds is 4. The first-order valence-electron chi connectivity index (χ1n) is 7.41. The third kappa shape index (κ3) is 2.40. The number of hydrogen-bond donors (Lipinski definition) is 2. The second-order valence-corrected chi connectivity index (χ2v) is 6.40. The first-order valence-corrected chi connectivity index (χ1v) is 7.41. The van der Waals surface area contributed by atoms with Gasteiger partial charge in [-0.15, -0.1) is 0 Å². The zero-order valence-corrected chi connectivity index (χ0v) is 12.2. The summed E-state index contributed by atoms with van der Waals surface area (Å²) in [5.41, 5.74) is 7.27. The highest BCUT2D eigenvalue weighted by Gasteiger charge is 2.50. The van der Waals surface area contributed by atoms with Crippen molar-refractivity contribution in [3.8, 4) is 0 Å². The standard InChI is InChI=1S/C16H23N3O/c1-11-4-3-5-13(8-11)18-16(15(17)20)9-12(2)19(10-16)14-6-7-14/h3-5,8,12,14,18H,6-7,9-10H2,1-2H3,(H2,17,20). The van der Waals surface area contributed by atoms with Gasteiger partial charge in [-0.3, -0.25) is 9.69 Å². The van der Waals surface area contributed by atoms with Crippen molar-refractivity contribution in [1.29, 1.82) is 0 Å². The smallest absolute Gasteiger partial charge is 0.244 e. The molecule has 1 amide bonds. The van der Waals surface area contributed by atoms with Gasteiger partial charge < -0.3 is 11.1 Å². The molecule has 108 valence electrons. The normalized spacial score (nSPS) is 30.4. The number of nitrogens with two attached hydrogens (primary N) is 1. The lowest BCUT2D eigenvalue weighted by molar-refractivity contribution is -0.121. The Labute approximate surface area is 120 Å². The van der Waals surface area contributed by atoms with Crippen LogP contribution in [0.1, 0.15) is 31.7 Å². The second-order valence-electron chi connectivity index (χ2n) is 6.40. The number of hydrogen-bond acceptors (Lipinski definition) is 3. The zero-order valence-electron chi connectivity index (χ0n) is 12.2. The van der Waals surface area contributed by atoms with Crippen LogP contribution < -0.4 is 11.1 Å². The van der Waals surface area contributed by atoms with E-state index in [2.05, 4.69) is 36.2 Å². The molecule has 3 rings (SSSR count). The predicted octanol–water partition coefficient (Wildman–Crippen LogP) is 1.89. The number of aryl methyl sites for hydroxylation is 1. The van der Waals surface area contributed by atoms with Crippen molar-refractivity contribution in [3.05, 3.63) is 29.8 Å². The molecule has 2 unspecified atom stereocenters. The van der Waals surface area contributed by atoms with Crippen molar-refractivity contribution >= 4 is 11.6 Å². The lowest BCUT2D eigenvalue weighted by atomic mass is 9.94. The minimum Gasteiger partial charge on any atom is -0.370 e. The first kappa shape index (κ1) is 13.4. The Morgan fingerprint density at radius 1 is 1.45 bits per heavy atom. The average molecular weight is 273 g/mol. The van der Waals surface area contributed by atoms with E-state index in [1.54, 1.807) is 0 Å². The Morgan fingerprint density at radius 2 is 2.20 bits per heavy atom. The number of anilines is 1. The van der Waals surface area contributed by atoms with Crippen LogP contribution in [-0.2, 0) is 4.79 Å². The number of benzene rings is 1. The number of amides is 1. The molecule has 1 saturated carbocycles. The van der Waals surface area contributed by atoms with E-state index in [-0.39, 0.29) is 5.91 Å². The molecule has 1 aromatic carbocycles. The Hall–Kier alpha value is -1.55. The van der Waals surface area contributed by atoms with E-state index in [4.69, 9.17) is 5.73 Å². The van der Waals surface area contributed by atoms with Crippen molar-refractivity contribution < 1.29 is 4.79 Å². The maximum Gasteiger partial charge on any atom is 0.244 e. The molecule has 0 spiro atoms. The minimum atomic E-state index is -0.629. The Balaban J connectivity index is 1.84. The van der Waals surface area contributed by atoms with Crippen molar-refractivity contribution in [2.45, 2.75) is 50.7 Å². The molecule has 0 radical (unpaired) electrons. The number of primary amides is 1. The maximum atomic E-state index is 12.1. The Kier molecular flexibility index (Phi) is 3.21. The van der Waals surface area contributed by atoms with Gasteiger partial charge >= 0.3 is 0 Å². The molecule has 4 heteroatoms. The molecule has 1 heterocycles. The van der Waals surface area contributed by atoms with Crippen LogP contribution in [0.4, 0.5) is 5.69 Å². The van der Waals surface area contributed by atoms with Gasteiger partial charge in [-0.2, -0.15) is 0 Å². The molecule has 2 aliphatic rings. The fourth-order valence-electron chi connectivity index (χ4n) is 3.38. The first-order chi connectivity index (χ1) is 9.50. The van der Waals surface area contributed by atoms with Crippen LogP contribution >= 0.6 is 0 Å². The predicted molar refractivity (Wildman–Crippen MR) is 80.5 cm³/mol. The summed E-state index contributed by atoms with van der Waals surface area (Å²) >= 11 is 0. The largest absolute Gasteiger partial charge is 0.370 e. The number of likely N-dealkylation sites (tertiary alicyclic amines) is 1. The maximum absolute atomic E-state index is 12.1. The van der Waals surface area contributed by atoms with Crippen LogP contribution in [0.5, 0.6) is 0 Å². The molecule has 0 bridgehead atoms. The Morgan fingerprint density at radius 3 is 2.80 bits per heavy atom. The molecule has 1 aromatic rings. The van der Waals surface area contributed by atoms with Crippen LogP contribution in [0.25, 0.3) is 0 Å². The SMILES string of the molecule is Cc1cccc(NC2(C(N)=O)CC(C)N(C3CC3)C2)c1. The molecule has 20 heavy (non-hydrogen) atoms. The summed E-state index contributed by atoms with van der Waals surface area (Å²) in [6.07, 6.45) is 3.29. The van der Waals surface area contributed by atoms with Crippen molar-refractivity contribution in [2.24, 2.45) is 5.73 Å².